The van der Waals surface area contributed by atoms with Crippen LogP contribution in [0.1, 0.15) is 22.8 Å². The third-order valence-electron chi connectivity index (χ3n) is 3.79. The molecule has 0 aliphatic rings. The molecule has 0 aliphatic carbocycles. The van der Waals surface area contributed by atoms with E-state index >= 15 is 0 Å². The highest BCUT2D eigenvalue weighted by molar-refractivity contribution is 6.27. The zero-order valence-electron chi connectivity index (χ0n) is 16.2. The molecule has 0 spiro atoms. The highest BCUT2D eigenvalue weighted by Gasteiger charge is 2.16. The maximum absolute atomic E-state index is 9.99. The Morgan fingerprint density at radius 3 is 2.03 bits per heavy atom. The molecular weight excluding hydrogens is 378 g/mol. The van der Waals surface area contributed by atoms with Crippen LogP contribution in [0.2, 0.25) is 0 Å². The molecule has 0 radical (unpaired) electrons. The van der Waals surface area contributed by atoms with Gasteiger partial charge in [-0.05, 0) is 18.1 Å². The average Bonchev–Trinajstić information content (AvgIpc) is 2.71. The lowest BCUT2D eigenvalue weighted by Gasteiger charge is -2.21. The van der Waals surface area contributed by atoms with Gasteiger partial charge in [-0.1, -0.05) is 60.2 Å². The Hall–Kier alpha value is -2.78. The zero-order chi connectivity index (χ0) is 21.6. The van der Waals surface area contributed by atoms with Gasteiger partial charge < -0.3 is 30.5 Å². The largest absolute Gasteiger partial charge is 0.473 e. The van der Waals surface area contributed by atoms with E-state index in [9.17, 15) is 5.11 Å². The van der Waals surface area contributed by atoms with Gasteiger partial charge in [0.1, 0.15) is 6.10 Å². The normalized spacial score (nSPS) is 12.4. The van der Waals surface area contributed by atoms with Crippen LogP contribution in [0.5, 0.6) is 0 Å². The molecule has 2 aromatic rings. The predicted molar refractivity (Wildman–Crippen MR) is 107 cm³/mol. The minimum atomic E-state index is -1.82. The monoisotopic (exact) mass is 405 g/mol. The number of hydrogen-bond acceptors (Lipinski definition) is 6. The number of aryl methyl sites for hydroxylation is 1. The maximum Gasteiger partial charge on any atom is 0.414 e. The molecule has 0 saturated carbocycles. The maximum atomic E-state index is 9.99. The van der Waals surface area contributed by atoms with Crippen LogP contribution in [0.4, 0.5) is 0 Å². The Balaban J connectivity index is 0.000000612. The molecule has 0 aliphatic heterocycles. The van der Waals surface area contributed by atoms with Crippen molar-refractivity contribution in [2.75, 3.05) is 26.3 Å². The summed E-state index contributed by atoms with van der Waals surface area (Å²) in [6, 6.07) is 18.2. The summed E-state index contributed by atoms with van der Waals surface area (Å²) in [5.74, 6) is -3.65. The number of aliphatic carboxylic acids is 2. The molecule has 0 heterocycles. The summed E-state index contributed by atoms with van der Waals surface area (Å²) in [5, 5.41) is 36.5. The third-order valence-corrected chi connectivity index (χ3v) is 3.79. The fourth-order valence-electron chi connectivity index (χ4n) is 2.37. The smallest absolute Gasteiger partial charge is 0.414 e. The van der Waals surface area contributed by atoms with E-state index in [1.807, 2.05) is 30.3 Å². The summed E-state index contributed by atoms with van der Waals surface area (Å²) >= 11 is 0. The summed E-state index contributed by atoms with van der Waals surface area (Å²) in [5.41, 5.74) is 3.33. The second-order valence-electron chi connectivity index (χ2n) is 6.23. The average molecular weight is 405 g/mol. The van der Waals surface area contributed by atoms with Crippen molar-refractivity contribution in [3.8, 4) is 0 Å². The SMILES string of the molecule is Cc1ccc(C(OCC(O)CNCCO)c2ccccc2)cc1.O=C(O)C(=O)O. The van der Waals surface area contributed by atoms with Crippen LogP contribution in [0.3, 0.4) is 0 Å². The van der Waals surface area contributed by atoms with Gasteiger partial charge in [0, 0.05) is 13.1 Å². The van der Waals surface area contributed by atoms with E-state index in [0.717, 1.165) is 11.1 Å². The van der Waals surface area contributed by atoms with Crippen molar-refractivity contribution in [2.45, 2.75) is 19.1 Å². The second-order valence-corrected chi connectivity index (χ2v) is 6.23. The van der Waals surface area contributed by atoms with Gasteiger partial charge in [0.25, 0.3) is 0 Å². The molecule has 2 unspecified atom stereocenters. The Bertz CT molecular complexity index is 722. The number of benzene rings is 2. The van der Waals surface area contributed by atoms with E-state index in [0.29, 0.717) is 13.1 Å². The fourth-order valence-corrected chi connectivity index (χ4v) is 2.37. The van der Waals surface area contributed by atoms with E-state index in [4.69, 9.17) is 29.6 Å². The first-order valence-corrected chi connectivity index (χ1v) is 9.04. The standard InChI is InChI=1S/C19H25NO3.C2H2O4/c1-15-7-9-17(10-8-15)19(16-5-3-2-4-6-16)23-14-18(22)13-20-11-12-21;3-1(4)2(5)6/h2-10,18-22H,11-14H2,1H3;(H,3,4)(H,5,6). The number of hydrogen-bond donors (Lipinski definition) is 5. The van der Waals surface area contributed by atoms with E-state index in [1.165, 1.54) is 5.56 Å². The number of aliphatic hydroxyl groups excluding tert-OH is 2. The summed E-state index contributed by atoms with van der Waals surface area (Å²) < 4.78 is 5.99. The molecule has 5 N–H and O–H groups in total. The van der Waals surface area contributed by atoms with E-state index in [-0.39, 0.29) is 19.3 Å². The molecule has 29 heavy (non-hydrogen) atoms. The van der Waals surface area contributed by atoms with Crippen molar-refractivity contribution in [3.63, 3.8) is 0 Å². The van der Waals surface area contributed by atoms with Crippen molar-refractivity contribution in [2.24, 2.45) is 0 Å². The molecule has 2 rings (SSSR count). The summed E-state index contributed by atoms with van der Waals surface area (Å²) in [7, 11) is 0. The molecule has 8 heteroatoms. The van der Waals surface area contributed by atoms with Crippen LogP contribution in [-0.4, -0.2) is 64.8 Å². The van der Waals surface area contributed by atoms with Gasteiger partial charge >= 0.3 is 11.9 Å². The molecule has 0 saturated heterocycles. The van der Waals surface area contributed by atoms with Crippen molar-refractivity contribution in [1.29, 1.82) is 0 Å². The highest BCUT2D eigenvalue weighted by atomic mass is 16.5. The molecule has 2 atom stereocenters. The highest BCUT2D eigenvalue weighted by Crippen LogP contribution is 2.26. The van der Waals surface area contributed by atoms with Gasteiger partial charge in [-0.2, -0.15) is 0 Å². The topological polar surface area (TPSA) is 136 Å². The van der Waals surface area contributed by atoms with Crippen LogP contribution >= 0.6 is 0 Å². The Morgan fingerprint density at radius 2 is 1.52 bits per heavy atom. The van der Waals surface area contributed by atoms with Gasteiger partial charge in [0.2, 0.25) is 0 Å². The number of nitrogens with one attached hydrogen (secondary N) is 1. The zero-order valence-corrected chi connectivity index (χ0v) is 16.2. The van der Waals surface area contributed by atoms with Crippen LogP contribution in [0.25, 0.3) is 0 Å². The minimum Gasteiger partial charge on any atom is -0.473 e. The number of aliphatic hydroxyl groups is 2. The summed E-state index contributed by atoms with van der Waals surface area (Å²) in [6.07, 6.45) is -0.817. The van der Waals surface area contributed by atoms with Crippen molar-refractivity contribution in [3.05, 3.63) is 71.3 Å². The predicted octanol–water partition coefficient (Wildman–Crippen LogP) is 1.20. The number of carbonyl (C=O) groups is 2. The van der Waals surface area contributed by atoms with E-state index in [2.05, 4.69) is 36.5 Å². The molecule has 0 bridgehead atoms. The number of carboxylic acid groups (broad SMARTS) is 2. The minimum absolute atomic E-state index is 0.0591. The Labute approximate surface area is 169 Å². The van der Waals surface area contributed by atoms with Gasteiger partial charge in [0.05, 0.1) is 19.3 Å². The van der Waals surface area contributed by atoms with Crippen molar-refractivity contribution < 1.29 is 34.8 Å². The Kier molecular flexibility index (Phi) is 11.2. The van der Waals surface area contributed by atoms with Crippen LogP contribution in [0, 0.1) is 6.92 Å². The molecule has 158 valence electrons. The number of rotatable bonds is 9. The fraction of sp³-hybridized carbons (Fsp3) is 0.333. The summed E-state index contributed by atoms with van der Waals surface area (Å²) in [6.45, 7) is 3.21. The molecule has 0 amide bonds. The van der Waals surface area contributed by atoms with Crippen molar-refractivity contribution >= 4 is 11.9 Å². The van der Waals surface area contributed by atoms with Gasteiger partial charge in [-0.25, -0.2) is 9.59 Å². The molecule has 0 aromatic heterocycles. The van der Waals surface area contributed by atoms with Gasteiger partial charge in [-0.3, -0.25) is 0 Å². The van der Waals surface area contributed by atoms with E-state index in [1.54, 1.807) is 0 Å². The lowest BCUT2D eigenvalue weighted by Crippen LogP contribution is -2.32. The van der Waals surface area contributed by atoms with Gasteiger partial charge in [-0.15, -0.1) is 0 Å². The first-order chi connectivity index (χ1) is 13.8. The third kappa shape index (κ3) is 9.82. The Morgan fingerprint density at radius 1 is 0.966 bits per heavy atom. The molecule has 8 nitrogen and oxygen atoms in total. The van der Waals surface area contributed by atoms with Crippen LogP contribution < -0.4 is 5.32 Å². The number of carboxylic acids is 2. The molecule has 0 fully saturated rings. The van der Waals surface area contributed by atoms with E-state index < -0.39 is 18.0 Å². The first kappa shape index (κ1) is 24.3. The molecule has 2 aromatic carbocycles. The molecular formula is C21H27NO7. The lowest BCUT2D eigenvalue weighted by atomic mass is 10.0. The van der Waals surface area contributed by atoms with Gasteiger partial charge in [0.15, 0.2) is 0 Å². The van der Waals surface area contributed by atoms with Crippen LogP contribution in [-0.2, 0) is 14.3 Å². The summed E-state index contributed by atoms with van der Waals surface area (Å²) in [4.78, 5) is 18.2. The first-order valence-electron chi connectivity index (χ1n) is 9.04. The van der Waals surface area contributed by atoms with Crippen molar-refractivity contribution in [1.82, 2.24) is 5.32 Å². The second kappa shape index (κ2) is 13.4. The van der Waals surface area contributed by atoms with Crippen LogP contribution in [0.15, 0.2) is 54.6 Å². The number of ether oxygens (including phenoxy) is 1. The lowest BCUT2D eigenvalue weighted by molar-refractivity contribution is -0.159. The quantitative estimate of drug-likeness (QED) is 0.310.